The number of carbonyl (C=O) groups is 1. The number of amides is 1. The number of halogens is 1. The lowest BCUT2D eigenvalue weighted by atomic mass is 9.64. The first kappa shape index (κ1) is 25.9. The second-order valence-electron chi connectivity index (χ2n) is 10.5. The largest absolute Gasteiger partial charge is 0.476 e. The van der Waals surface area contributed by atoms with Gasteiger partial charge in [-0.2, -0.15) is 10.3 Å². The van der Waals surface area contributed by atoms with Gasteiger partial charge in [-0.1, -0.05) is 12.5 Å². The standard InChI is InChI=1S/C30H30FN7O2/c31-22-9-7-21(8-10-22)28(39)36-29-35-24-19-34-27(40-15-14-37-12-4-1-5-13-37)16-25(24)38(29)23-17-30(18-23,20-32)26-6-2-3-11-33-26/h2-3,6-11,16,19,23H,1,4-5,12-15,17-18H2,(H,35,36,39). The number of hydrogen-bond donors (Lipinski definition) is 1. The number of imidazole rings is 1. The number of hydrogen-bond acceptors (Lipinski definition) is 6. The third-order valence-corrected chi connectivity index (χ3v) is 7.90. The molecule has 40 heavy (non-hydrogen) atoms. The van der Waals surface area contributed by atoms with Crippen LogP contribution >= 0.6 is 0 Å². The summed E-state index contributed by atoms with van der Waals surface area (Å²) in [5.41, 5.74) is 2.11. The molecule has 1 N–H and O–H groups in total. The van der Waals surface area contributed by atoms with Crippen LogP contribution in [0.1, 0.15) is 54.2 Å². The SMILES string of the molecule is N#CC1(c2ccccn2)CC(n2c(=NC(=O)c3ccc(F)cc3)[nH]c3cnc(OCCN4CCCCC4)cc32)C1. The molecule has 1 amide bonds. The molecule has 0 atom stereocenters. The van der Waals surface area contributed by atoms with E-state index in [1.54, 1.807) is 12.4 Å². The third kappa shape index (κ3) is 5.12. The van der Waals surface area contributed by atoms with Crippen LogP contribution in [0.25, 0.3) is 11.0 Å². The molecule has 4 aromatic rings. The molecule has 2 aliphatic rings. The Bertz CT molecular complexity index is 1610. The monoisotopic (exact) mass is 539 g/mol. The number of nitriles is 1. The van der Waals surface area contributed by atoms with Gasteiger partial charge in [0.2, 0.25) is 11.5 Å². The Balaban J connectivity index is 1.33. The quantitative estimate of drug-likeness (QED) is 0.375. The van der Waals surface area contributed by atoms with Crippen LogP contribution in [0.3, 0.4) is 0 Å². The minimum Gasteiger partial charge on any atom is -0.476 e. The molecule has 2 fully saturated rings. The molecule has 1 aromatic carbocycles. The van der Waals surface area contributed by atoms with Crippen molar-refractivity contribution in [3.8, 4) is 11.9 Å². The van der Waals surface area contributed by atoms with Gasteiger partial charge in [0.15, 0.2) is 0 Å². The lowest BCUT2D eigenvalue weighted by Crippen LogP contribution is -2.44. The second kappa shape index (κ2) is 11.0. The normalized spacial score (nSPS) is 21.6. The van der Waals surface area contributed by atoms with Crippen LogP contribution in [0.15, 0.2) is 65.9 Å². The van der Waals surface area contributed by atoms with Crippen LogP contribution in [0.2, 0.25) is 0 Å². The summed E-state index contributed by atoms with van der Waals surface area (Å²) in [7, 11) is 0. The fourth-order valence-corrected chi connectivity index (χ4v) is 5.69. The van der Waals surface area contributed by atoms with E-state index in [1.807, 2.05) is 28.8 Å². The van der Waals surface area contributed by atoms with E-state index < -0.39 is 17.1 Å². The lowest BCUT2D eigenvalue weighted by molar-refractivity contribution is 0.0995. The van der Waals surface area contributed by atoms with Crippen molar-refractivity contribution in [1.29, 1.82) is 5.26 Å². The maximum atomic E-state index is 13.4. The summed E-state index contributed by atoms with van der Waals surface area (Å²) in [5.74, 6) is -0.431. The molecule has 204 valence electrons. The number of aromatic amines is 1. The van der Waals surface area contributed by atoms with Crippen molar-refractivity contribution in [3.05, 3.63) is 83.6 Å². The predicted octanol–water partition coefficient (Wildman–Crippen LogP) is 4.30. The van der Waals surface area contributed by atoms with Gasteiger partial charge >= 0.3 is 0 Å². The first-order chi connectivity index (χ1) is 19.5. The predicted molar refractivity (Wildman–Crippen MR) is 146 cm³/mol. The summed E-state index contributed by atoms with van der Waals surface area (Å²) in [5, 5.41) is 10.1. The number of piperidine rings is 1. The molecular weight excluding hydrogens is 509 g/mol. The molecule has 1 saturated heterocycles. The van der Waals surface area contributed by atoms with Gasteiger partial charge in [0.1, 0.15) is 17.8 Å². The van der Waals surface area contributed by atoms with Gasteiger partial charge in [0.05, 0.1) is 29.0 Å². The van der Waals surface area contributed by atoms with Crippen molar-refractivity contribution >= 4 is 16.9 Å². The number of pyridine rings is 2. The molecule has 0 bridgehead atoms. The van der Waals surface area contributed by atoms with Crippen LogP contribution < -0.4 is 10.4 Å². The fraction of sp³-hybridized carbons (Fsp3) is 0.367. The average molecular weight is 540 g/mol. The Morgan fingerprint density at radius 1 is 1.15 bits per heavy atom. The van der Waals surface area contributed by atoms with Crippen molar-refractivity contribution in [1.82, 2.24) is 24.4 Å². The number of nitrogens with zero attached hydrogens (tertiary/aromatic N) is 6. The van der Waals surface area contributed by atoms with Crippen LogP contribution in [0.5, 0.6) is 5.88 Å². The molecular formula is C30H30FN7O2. The summed E-state index contributed by atoms with van der Waals surface area (Å²) in [6.45, 7) is 3.57. The van der Waals surface area contributed by atoms with Crippen molar-refractivity contribution in [2.45, 2.75) is 43.6 Å². The molecule has 3 aromatic heterocycles. The maximum absolute atomic E-state index is 13.4. The highest BCUT2D eigenvalue weighted by atomic mass is 19.1. The highest BCUT2D eigenvalue weighted by molar-refractivity contribution is 5.94. The smallest absolute Gasteiger partial charge is 0.280 e. The van der Waals surface area contributed by atoms with E-state index in [4.69, 9.17) is 4.74 Å². The van der Waals surface area contributed by atoms with Gasteiger partial charge in [0, 0.05) is 30.4 Å². The Labute approximate surface area is 231 Å². The number of nitrogens with one attached hydrogen (secondary N) is 1. The van der Waals surface area contributed by atoms with Crippen LogP contribution in [-0.2, 0) is 5.41 Å². The van der Waals surface area contributed by atoms with Gasteiger partial charge in [0.25, 0.3) is 5.91 Å². The Kier molecular flexibility index (Phi) is 7.13. The molecule has 9 nitrogen and oxygen atoms in total. The maximum Gasteiger partial charge on any atom is 0.280 e. The van der Waals surface area contributed by atoms with Crippen molar-refractivity contribution in [3.63, 3.8) is 0 Å². The van der Waals surface area contributed by atoms with E-state index in [9.17, 15) is 14.4 Å². The summed E-state index contributed by atoms with van der Waals surface area (Å²) in [6.07, 6.45) is 8.13. The molecule has 1 aliphatic heterocycles. The minimum absolute atomic E-state index is 0.112. The van der Waals surface area contributed by atoms with Gasteiger partial charge in [-0.05, 0) is 75.2 Å². The van der Waals surface area contributed by atoms with E-state index in [0.717, 1.165) is 30.8 Å². The first-order valence-corrected chi connectivity index (χ1v) is 13.7. The van der Waals surface area contributed by atoms with Crippen molar-refractivity contribution < 1.29 is 13.9 Å². The highest BCUT2D eigenvalue weighted by Crippen LogP contribution is 2.49. The number of H-pyrrole nitrogens is 1. The molecule has 0 radical (unpaired) electrons. The van der Waals surface area contributed by atoms with Crippen LogP contribution in [0.4, 0.5) is 4.39 Å². The Morgan fingerprint density at radius 2 is 1.95 bits per heavy atom. The van der Waals surface area contributed by atoms with E-state index in [1.165, 1.54) is 43.5 Å². The van der Waals surface area contributed by atoms with Crippen molar-refractivity contribution in [2.24, 2.45) is 4.99 Å². The zero-order valence-electron chi connectivity index (χ0n) is 22.1. The number of rotatable bonds is 7. The molecule has 0 spiro atoms. The van der Waals surface area contributed by atoms with Crippen LogP contribution in [-0.4, -0.2) is 56.6 Å². The molecule has 0 unspecified atom stereocenters. The van der Waals surface area contributed by atoms with Gasteiger partial charge in [-0.25, -0.2) is 9.37 Å². The first-order valence-electron chi connectivity index (χ1n) is 13.7. The molecule has 10 heteroatoms. The van der Waals surface area contributed by atoms with E-state index in [-0.39, 0.29) is 11.6 Å². The summed E-state index contributed by atoms with van der Waals surface area (Å²) in [4.78, 5) is 31.9. The number of likely N-dealkylation sites (tertiary alicyclic amines) is 1. The fourth-order valence-electron chi connectivity index (χ4n) is 5.69. The number of fused-ring (bicyclic) bond motifs is 1. The van der Waals surface area contributed by atoms with Gasteiger partial charge in [-0.15, -0.1) is 0 Å². The summed E-state index contributed by atoms with van der Waals surface area (Å²) in [6, 6.07) is 15.1. The lowest BCUT2D eigenvalue weighted by Gasteiger charge is -2.42. The third-order valence-electron chi connectivity index (χ3n) is 7.90. The average Bonchev–Trinajstić information content (AvgIpc) is 3.31. The zero-order chi connectivity index (χ0) is 27.5. The van der Waals surface area contributed by atoms with Gasteiger partial charge in [-0.3, -0.25) is 14.7 Å². The summed E-state index contributed by atoms with van der Waals surface area (Å²) < 4.78 is 21.4. The number of carbonyl (C=O) groups excluding carboxylic acids is 1. The summed E-state index contributed by atoms with van der Waals surface area (Å²) >= 11 is 0. The number of benzene rings is 1. The molecule has 4 heterocycles. The Hall–Kier alpha value is -4.36. The minimum atomic E-state index is -0.721. The Morgan fingerprint density at radius 3 is 2.67 bits per heavy atom. The molecule has 1 saturated carbocycles. The number of aromatic nitrogens is 4. The zero-order valence-corrected chi connectivity index (χ0v) is 22.1. The topological polar surface area (TPSA) is 112 Å². The van der Waals surface area contributed by atoms with E-state index in [2.05, 4.69) is 30.9 Å². The van der Waals surface area contributed by atoms with E-state index >= 15 is 0 Å². The number of ether oxygens (including phenoxy) is 1. The van der Waals surface area contributed by atoms with Crippen molar-refractivity contribution in [2.75, 3.05) is 26.2 Å². The second-order valence-corrected chi connectivity index (χ2v) is 10.5. The molecule has 6 rings (SSSR count). The van der Waals surface area contributed by atoms with Gasteiger partial charge < -0.3 is 14.3 Å². The van der Waals surface area contributed by atoms with E-state index in [0.29, 0.717) is 36.5 Å². The highest BCUT2D eigenvalue weighted by Gasteiger charge is 2.48. The van der Waals surface area contributed by atoms with Crippen LogP contribution in [0, 0.1) is 17.1 Å². The molecule has 1 aliphatic carbocycles.